The Bertz CT molecular complexity index is 588. The molecule has 1 aromatic carbocycles. The van der Waals surface area contributed by atoms with Crippen LogP contribution in [-0.2, 0) is 19.1 Å². The summed E-state index contributed by atoms with van der Waals surface area (Å²) in [4.78, 5) is 37.5. The lowest BCUT2D eigenvalue weighted by molar-refractivity contribution is -0.140. The predicted molar refractivity (Wildman–Crippen MR) is 80.2 cm³/mol. The number of para-hydroxylation sites is 1. The van der Waals surface area contributed by atoms with E-state index in [1.807, 2.05) is 19.1 Å². The van der Waals surface area contributed by atoms with Gasteiger partial charge in [0.05, 0.1) is 6.61 Å². The number of carbonyl (C=O) groups is 3. The Morgan fingerprint density at radius 2 is 2.00 bits per heavy atom. The van der Waals surface area contributed by atoms with Crippen LogP contribution in [0.25, 0.3) is 0 Å². The summed E-state index contributed by atoms with van der Waals surface area (Å²) in [6.07, 6.45) is 0. The topological polar surface area (TPSA) is 87.7 Å². The van der Waals surface area contributed by atoms with Gasteiger partial charge in [-0.15, -0.1) is 0 Å². The van der Waals surface area contributed by atoms with Gasteiger partial charge < -0.3 is 20.3 Å². The second kappa shape index (κ2) is 7.04. The molecule has 22 heavy (non-hydrogen) atoms. The summed E-state index contributed by atoms with van der Waals surface area (Å²) < 4.78 is 4.79. The zero-order chi connectivity index (χ0) is 16.1. The van der Waals surface area contributed by atoms with Crippen LogP contribution < -0.4 is 15.5 Å². The average Bonchev–Trinajstić information content (AvgIpc) is 2.79. The van der Waals surface area contributed by atoms with Gasteiger partial charge >= 0.3 is 11.8 Å². The number of likely N-dealkylation sites (N-methyl/N-ethyl adjacent to an activating group) is 1. The molecule has 1 aliphatic rings. The van der Waals surface area contributed by atoms with Gasteiger partial charge in [-0.05, 0) is 13.0 Å². The van der Waals surface area contributed by atoms with Crippen molar-refractivity contribution in [2.24, 2.45) is 0 Å². The summed E-state index contributed by atoms with van der Waals surface area (Å²) in [6.45, 7) is 2.91. The Morgan fingerprint density at radius 3 is 2.68 bits per heavy atom. The average molecular weight is 305 g/mol. The Morgan fingerprint density at radius 1 is 1.27 bits per heavy atom. The van der Waals surface area contributed by atoms with Crippen LogP contribution in [0.3, 0.4) is 0 Å². The van der Waals surface area contributed by atoms with Crippen molar-refractivity contribution in [3.05, 3.63) is 29.8 Å². The summed E-state index contributed by atoms with van der Waals surface area (Å²) in [5.41, 5.74) is 1.47. The number of benzene rings is 1. The van der Waals surface area contributed by atoms with Crippen LogP contribution >= 0.6 is 0 Å². The number of carbonyl (C=O) groups excluding carboxylic acids is 3. The van der Waals surface area contributed by atoms with Crippen LogP contribution in [0, 0.1) is 0 Å². The van der Waals surface area contributed by atoms with Gasteiger partial charge in [0.2, 0.25) is 0 Å². The van der Waals surface area contributed by atoms with Crippen LogP contribution in [0.15, 0.2) is 24.3 Å². The minimum absolute atomic E-state index is 0.234. The summed E-state index contributed by atoms with van der Waals surface area (Å²) >= 11 is 0. The highest BCUT2D eigenvalue weighted by Gasteiger charge is 2.37. The van der Waals surface area contributed by atoms with E-state index in [4.69, 9.17) is 4.74 Å². The lowest BCUT2D eigenvalue weighted by atomic mass is 10.1. The van der Waals surface area contributed by atoms with Gasteiger partial charge in [-0.2, -0.15) is 0 Å². The molecule has 7 heteroatoms. The van der Waals surface area contributed by atoms with E-state index in [0.29, 0.717) is 18.7 Å². The van der Waals surface area contributed by atoms with E-state index in [-0.39, 0.29) is 12.5 Å². The van der Waals surface area contributed by atoms with Crippen molar-refractivity contribution < 1.29 is 19.1 Å². The molecule has 1 heterocycles. The first-order chi connectivity index (χ1) is 10.6. The fourth-order valence-corrected chi connectivity index (χ4v) is 2.39. The minimum atomic E-state index is -0.831. The van der Waals surface area contributed by atoms with E-state index in [0.717, 1.165) is 5.69 Å². The summed E-state index contributed by atoms with van der Waals surface area (Å²) in [7, 11) is 1.50. The molecule has 118 valence electrons. The van der Waals surface area contributed by atoms with Gasteiger partial charge in [-0.1, -0.05) is 18.2 Å². The van der Waals surface area contributed by atoms with Gasteiger partial charge in [0.25, 0.3) is 5.91 Å². The van der Waals surface area contributed by atoms with E-state index in [2.05, 4.69) is 10.6 Å². The SMILES string of the molecule is CCN1C(=O)C(NC(=O)C(=O)NCCOC)c2ccccc21. The number of fused-ring (bicyclic) bond motifs is 1. The van der Waals surface area contributed by atoms with Crippen LogP contribution in [0.4, 0.5) is 5.69 Å². The number of anilines is 1. The number of hydrogen-bond acceptors (Lipinski definition) is 4. The molecule has 1 aliphatic heterocycles. The fourth-order valence-electron chi connectivity index (χ4n) is 2.39. The molecular weight excluding hydrogens is 286 g/mol. The maximum absolute atomic E-state index is 12.4. The van der Waals surface area contributed by atoms with Gasteiger partial charge in [-0.25, -0.2) is 0 Å². The molecule has 3 amide bonds. The highest BCUT2D eigenvalue weighted by atomic mass is 16.5. The van der Waals surface area contributed by atoms with E-state index >= 15 is 0 Å². The van der Waals surface area contributed by atoms with E-state index < -0.39 is 17.9 Å². The first-order valence-corrected chi connectivity index (χ1v) is 7.08. The molecule has 0 spiro atoms. The van der Waals surface area contributed by atoms with Crippen molar-refractivity contribution in [2.75, 3.05) is 31.7 Å². The van der Waals surface area contributed by atoms with Crippen molar-refractivity contribution in [2.45, 2.75) is 13.0 Å². The maximum atomic E-state index is 12.4. The van der Waals surface area contributed by atoms with Crippen molar-refractivity contribution in [1.29, 1.82) is 0 Å². The van der Waals surface area contributed by atoms with Crippen LogP contribution in [0.2, 0.25) is 0 Å². The molecule has 0 fully saturated rings. The summed E-state index contributed by atoms with van der Waals surface area (Å²) in [5, 5.41) is 4.91. The molecule has 0 bridgehead atoms. The molecule has 0 saturated heterocycles. The molecule has 0 radical (unpaired) electrons. The van der Waals surface area contributed by atoms with Gasteiger partial charge in [0, 0.05) is 31.5 Å². The Balaban J connectivity index is 2.08. The lowest BCUT2D eigenvalue weighted by Crippen LogP contribution is -2.45. The Kier molecular flexibility index (Phi) is 5.11. The van der Waals surface area contributed by atoms with Crippen molar-refractivity contribution in [3.8, 4) is 0 Å². The molecule has 0 saturated carbocycles. The molecule has 1 aromatic rings. The summed E-state index contributed by atoms with van der Waals surface area (Å²) in [6, 6.07) is 6.40. The molecule has 1 unspecified atom stereocenters. The second-order valence-electron chi connectivity index (χ2n) is 4.80. The molecule has 1 atom stereocenters. The molecule has 0 aromatic heterocycles. The standard InChI is InChI=1S/C15H19N3O4/c1-3-18-11-7-5-4-6-10(11)12(15(18)21)17-14(20)13(19)16-8-9-22-2/h4-7,12H,3,8-9H2,1-2H3,(H,16,19)(H,17,20). The highest BCUT2D eigenvalue weighted by Crippen LogP contribution is 2.35. The zero-order valence-electron chi connectivity index (χ0n) is 12.6. The van der Waals surface area contributed by atoms with Crippen molar-refractivity contribution in [3.63, 3.8) is 0 Å². The number of rotatable bonds is 5. The maximum Gasteiger partial charge on any atom is 0.310 e. The summed E-state index contributed by atoms with van der Waals surface area (Å²) in [5.74, 6) is -1.85. The molecule has 7 nitrogen and oxygen atoms in total. The number of nitrogens with one attached hydrogen (secondary N) is 2. The van der Waals surface area contributed by atoms with Gasteiger partial charge in [0.1, 0.15) is 6.04 Å². The third-order valence-electron chi connectivity index (χ3n) is 3.44. The first kappa shape index (κ1) is 16.0. The first-order valence-electron chi connectivity index (χ1n) is 7.08. The number of nitrogens with zero attached hydrogens (tertiary/aromatic N) is 1. The molecule has 2 N–H and O–H groups in total. The Labute approximate surface area is 128 Å². The van der Waals surface area contributed by atoms with Crippen molar-refractivity contribution >= 4 is 23.4 Å². The zero-order valence-corrected chi connectivity index (χ0v) is 12.6. The second-order valence-corrected chi connectivity index (χ2v) is 4.80. The van der Waals surface area contributed by atoms with Crippen molar-refractivity contribution in [1.82, 2.24) is 10.6 Å². The monoisotopic (exact) mass is 305 g/mol. The third-order valence-corrected chi connectivity index (χ3v) is 3.44. The Hall–Kier alpha value is -2.41. The van der Waals surface area contributed by atoms with E-state index in [1.54, 1.807) is 17.0 Å². The third kappa shape index (κ3) is 3.09. The van der Waals surface area contributed by atoms with Gasteiger partial charge in [0.15, 0.2) is 0 Å². The molecule has 2 rings (SSSR count). The van der Waals surface area contributed by atoms with Gasteiger partial charge in [-0.3, -0.25) is 14.4 Å². The fraction of sp³-hybridized carbons (Fsp3) is 0.400. The lowest BCUT2D eigenvalue weighted by Gasteiger charge is -2.15. The minimum Gasteiger partial charge on any atom is -0.383 e. The number of ether oxygens (including phenoxy) is 1. The van der Waals surface area contributed by atoms with E-state index in [1.165, 1.54) is 7.11 Å². The van der Waals surface area contributed by atoms with E-state index in [9.17, 15) is 14.4 Å². The number of amides is 3. The molecule has 0 aliphatic carbocycles. The smallest absolute Gasteiger partial charge is 0.310 e. The van der Waals surface area contributed by atoms with Crippen LogP contribution in [0.1, 0.15) is 18.5 Å². The predicted octanol–water partition coefficient (Wildman–Crippen LogP) is -0.0270. The van der Waals surface area contributed by atoms with Crippen LogP contribution in [0.5, 0.6) is 0 Å². The van der Waals surface area contributed by atoms with Crippen LogP contribution in [-0.4, -0.2) is 44.5 Å². The number of hydrogen-bond donors (Lipinski definition) is 2. The normalized spacial score (nSPS) is 16.4. The largest absolute Gasteiger partial charge is 0.383 e. The molecular formula is C15H19N3O4. The number of methoxy groups -OCH3 is 1. The highest BCUT2D eigenvalue weighted by molar-refractivity contribution is 6.35. The quantitative estimate of drug-likeness (QED) is 0.591.